The molecule has 1 amide bonds. The van der Waals surface area contributed by atoms with Gasteiger partial charge < -0.3 is 39.9 Å². The van der Waals surface area contributed by atoms with Gasteiger partial charge in [-0.2, -0.15) is 0 Å². The molecule has 1 aromatic carbocycles. The van der Waals surface area contributed by atoms with Crippen LogP contribution in [0.2, 0.25) is 0 Å². The van der Waals surface area contributed by atoms with E-state index < -0.39 is 55.1 Å². The van der Waals surface area contributed by atoms with Gasteiger partial charge in [0.2, 0.25) is 0 Å². The molecule has 0 fully saturated rings. The zero-order valence-corrected chi connectivity index (χ0v) is 22.7. The number of carbonyl (C=O) groups excluding carboxylic acids is 2. The summed E-state index contributed by atoms with van der Waals surface area (Å²) in [4.78, 5) is 33.1. The van der Waals surface area contributed by atoms with E-state index in [0.717, 1.165) is 16.5 Å². The molecular weight excluding hydrogens is 496 g/mol. The van der Waals surface area contributed by atoms with Crippen molar-refractivity contribution in [3.63, 3.8) is 0 Å². The molecule has 1 heterocycles. The van der Waals surface area contributed by atoms with Crippen LogP contribution in [-0.4, -0.2) is 95.3 Å². The summed E-state index contributed by atoms with van der Waals surface area (Å²) < 4.78 is 10.3. The molecule has 0 saturated heterocycles. The van der Waals surface area contributed by atoms with Crippen LogP contribution < -0.4 is 10.6 Å². The van der Waals surface area contributed by atoms with Gasteiger partial charge in [0, 0.05) is 30.6 Å². The van der Waals surface area contributed by atoms with Crippen molar-refractivity contribution >= 4 is 28.5 Å². The molecule has 3 unspecified atom stereocenters. The van der Waals surface area contributed by atoms with Gasteiger partial charge in [-0.25, -0.2) is 0 Å². The van der Waals surface area contributed by atoms with Gasteiger partial charge in [-0.05, 0) is 31.4 Å². The molecule has 0 spiro atoms. The number of ether oxygens (including phenoxy) is 2. The standard InChI is InChI=1S/C26H40N4O8/c1-14(2)24(36-5)22(23(33)16(4)31)30-38-13-21(32)28-15(3)25(34)29-20(26(35)37-6)11-17-12-27-19-10-8-7-9-18(17)19/h7-10,12,14-16,20,23-25,27,29,31,33-34H,11,13H2,1-6H3,(H,28,32)/b30-22+/t15-,16?,20-,23?,24-,25?/m0/s1. The first-order chi connectivity index (χ1) is 18.0. The van der Waals surface area contributed by atoms with E-state index in [1.54, 1.807) is 13.1 Å². The Balaban J connectivity index is 1.99. The molecule has 0 saturated carbocycles. The Morgan fingerprint density at radius 2 is 1.76 bits per heavy atom. The smallest absolute Gasteiger partial charge is 0.323 e. The summed E-state index contributed by atoms with van der Waals surface area (Å²) in [5.74, 6) is -1.25. The molecule has 212 valence electrons. The highest BCUT2D eigenvalue weighted by atomic mass is 16.6. The Morgan fingerprint density at radius 3 is 2.37 bits per heavy atom. The number of oxime groups is 1. The van der Waals surface area contributed by atoms with Crippen molar-refractivity contribution in [2.75, 3.05) is 20.8 Å². The molecule has 0 bridgehead atoms. The minimum atomic E-state index is -1.34. The lowest BCUT2D eigenvalue weighted by Gasteiger charge is -2.26. The van der Waals surface area contributed by atoms with Crippen molar-refractivity contribution in [2.24, 2.45) is 11.1 Å². The van der Waals surface area contributed by atoms with E-state index in [0.29, 0.717) is 0 Å². The van der Waals surface area contributed by atoms with Gasteiger partial charge >= 0.3 is 5.97 Å². The average molecular weight is 537 g/mol. The number of aromatic nitrogens is 1. The van der Waals surface area contributed by atoms with Crippen molar-refractivity contribution in [1.29, 1.82) is 0 Å². The third-order valence-electron chi connectivity index (χ3n) is 6.10. The molecule has 38 heavy (non-hydrogen) atoms. The van der Waals surface area contributed by atoms with Crippen molar-refractivity contribution in [1.82, 2.24) is 15.6 Å². The van der Waals surface area contributed by atoms with Crippen LogP contribution >= 0.6 is 0 Å². The summed E-state index contributed by atoms with van der Waals surface area (Å²) in [5, 5.41) is 40.9. The highest BCUT2D eigenvalue weighted by Gasteiger charge is 2.30. The van der Waals surface area contributed by atoms with Crippen molar-refractivity contribution in [3.05, 3.63) is 36.0 Å². The molecule has 0 radical (unpaired) electrons. The number of esters is 1. The van der Waals surface area contributed by atoms with Crippen LogP contribution in [0.4, 0.5) is 0 Å². The number of fused-ring (bicyclic) bond motifs is 1. The molecule has 12 nitrogen and oxygen atoms in total. The fourth-order valence-corrected chi connectivity index (χ4v) is 4.02. The number of rotatable bonds is 15. The minimum Gasteiger partial charge on any atom is -0.468 e. The third-order valence-corrected chi connectivity index (χ3v) is 6.10. The highest BCUT2D eigenvalue weighted by molar-refractivity contribution is 5.93. The van der Waals surface area contributed by atoms with Crippen LogP contribution in [0.3, 0.4) is 0 Å². The second-order valence-corrected chi connectivity index (χ2v) is 9.48. The van der Waals surface area contributed by atoms with Gasteiger partial charge in [-0.15, -0.1) is 0 Å². The SMILES string of the molecule is COC(=O)[C@H](Cc1c[nH]c2ccccc12)NC(O)[C@H](C)NC(=O)CO/N=C(\C(O)C(C)O)[C@@H](OC)C(C)C. The van der Waals surface area contributed by atoms with E-state index in [-0.39, 0.29) is 18.1 Å². The largest absolute Gasteiger partial charge is 0.468 e. The quantitative estimate of drug-likeness (QED) is 0.0817. The average Bonchev–Trinajstić information content (AvgIpc) is 3.29. The highest BCUT2D eigenvalue weighted by Crippen LogP contribution is 2.19. The predicted molar refractivity (Wildman–Crippen MR) is 141 cm³/mol. The summed E-state index contributed by atoms with van der Waals surface area (Å²) in [5.41, 5.74) is 1.84. The Bertz CT molecular complexity index is 1070. The number of amides is 1. The zero-order chi connectivity index (χ0) is 28.4. The predicted octanol–water partition coefficient (Wildman–Crippen LogP) is 0.450. The van der Waals surface area contributed by atoms with E-state index >= 15 is 0 Å². The van der Waals surface area contributed by atoms with Crippen LogP contribution in [0.15, 0.2) is 35.6 Å². The van der Waals surface area contributed by atoms with Crippen LogP contribution in [-0.2, 0) is 30.3 Å². The molecule has 2 aromatic rings. The molecule has 1 aromatic heterocycles. The van der Waals surface area contributed by atoms with Gasteiger partial charge in [0.25, 0.3) is 5.91 Å². The number of hydrogen-bond donors (Lipinski definition) is 6. The zero-order valence-electron chi connectivity index (χ0n) is 22.7. The number of H-pyrrole nitrogens is 1. The van der Waals surface area contributed by atoms with E-state index in [1.807, 2.05) is 38.1 Å². The molecule has 2 rings (SSSR count). The van der Waals surface area contributed by atoms with Crippen LogP contribution in [0, 0.1) is 5.92 Å². The summed E-state index contributed by atoms with van der Waals surface area (Å²) in [6.07, 6.45) is -2.35. The number of hydrogen-bond acceptors (Lipinski definition) is 10. The van der Waals surface area contributed by atoms with Crippen molar-refractivity contribution < 1.29 is 39.2 Å². The molecule has 0 aliphatic carbocycles. The van der Waals surface area contributed by atoms with Gasteiger partial charge in [-0.3, -0.25) is 14.9 Å². The summed E-state index contributed by atoms with van der Waals surface area (Å²) >= 11 is 0. The molecule has 6 N–H and O–H groups in total. The lowest BCUT2D eigenvalue weighted by atomic mass is 9.96. The van der Waals surface area contributed by atoms with E-state index in [1.165, 1.54) is 21.1 Å². The molecule has 0 aliphatic rings. The first-order valence-electron chi connectivity index (χ1n) is 12.4. The topological polar surface area (TPSA) is 175 Å². The Morgan fingerprint density at radius 1 is 1.08 bits per heavy atom. The monoisotopic (exact) mass is 536 g/mol. The fraction of sp³-hybridized carbons (Fsp3) is 0.577. The van der Waals surface area contributed by atoms with Gasteiger partial charge in [-0.1, -0.05) is 37.2 Å². The van der Waals surface area contributed by atoms with Gasteiger partial charge in [0.1, 0.15) is 30.2 Å². The lowest BCUT2D eigenvalue weighted by Crippen LogP contribution is -2.54. The summed E-state index contributed by atoms with van der Waals surface area (Å²) in [6.45, 7) is 6.14. The molecule has 0 aliphatic heterocycles. The first kappa shape index (κ1) is 31.2. The minimum absolute atomic E-state index is 0.0539. The van der Waals surface area contributed by atoms with E-state index in [4.69, 9.17) is 14.3 Å². The Kier molecular flexibility index (Phi) is 12.1. The molecule has 6 atom stereocenters. The molecule has 12 heteroatoms. The normalized spacial score (nSPS) is 16.9. The van der Waals surface area contributed by atoms with Gasteiger partial charge in [0.05, 0.1) is 19.3 Å². The van der Waals surface area contributed by atoms with Crippen LogP contribution in [0.25, 0.3) is 10.9 Å². The number of aliphatic hydroxyl groups excluding tert-OH is 3. The number of carbonyl (C=O) groups is 2. The summed E-state index contributed by atoms with van der Waals surface area (Å²) in [7, 11) is 2.70. The maximum atomic E-state index is 12.4. The number of aromatic amines is 1. The second kappa shape index (κ2) is 14.8. The third kappa shape index (κ3) is 8.50. The Labute approximate surface area is 222 Å². The number of benzene rings is 1. The summed E-state index contributed by atoms with van der Waals surface area (Å²) in [6, 6.07) is 5.96. The van der Waals surface area contributed by atoms with Crippen LogP contribution in [0.5, 0.6) is 0 Å². The lowest BCUT2D eigenvalue weighted by molar-refractivity contribution is -0.144. The first-order valence-corrected chi connectivity index (χ1v) is 12.4. The van der Waals surface area contributed by atoms with Crippen molar-refractivity contribution in [2.45, 2.75) is 70.7 Å². The van der Waals surface area contributed by atoms with Crippen LogP contribution in [0.1, 0.15) is 33.3 Å². The number of para-hydroxylation sites is 1. The number of aliphatic hydroxyl groups is 3. The Hall–Kier alpha value is -3.03. The number of nitrogens with one attached hydrogen (secondary N) is 3. The van der Waals surface area contributed by atoms with Crippen molar-refractivity contribution in [3.8, 4) is 0 Å². The van der Waals surface area contributed by atoms with Gasteiger partial charge in [0.15, 0.2) is 6.61 Å². The maximum Gasteiger partial charge on any atom is 0.323 e. The molecular formula is C26H40N4O8. The second-order valence-electron chi connectivity index (χ2n) is 9.48. The fourth-order valence-electron chi connectivity index (χ4n) is 4.02. The van der Waals surface area contributed by atoms with E-state index in [2.05, 4.69) is 20.8 Å². The number of nitrogens with zero attached hydrogens (tertiary/aromatic N) is 1. The number of methoxy groups -OCH3 is 2. The maximum absolute atomic E-state index is 12.4. The van der Waals surface area contributed by atoms with E-state index in [9.17, 15) is 24.9 Å².